The molecule has 0 atom stereocenters. The van der Waals surface area contributed by atoms with Gasteiger partial charge < -0.3 is 5.32 Å². The number of sulfone groups is 1. The molecule has 0 bridgehead atoms. The fourth-order valence-electron chi connectivity index (χ4n) is 2.14. The second kappa shape index (κ2) is 5.00. The van der Waals surface area contributed by atoms with Gasteiger partial charge in [0.2, 0.25) is 0 Å². The molecule has 1 fully saturated rings. The third-order valence-corrected chi connectivity index (χ3v) is 4.60. The molecule has 0 spiro atoms. The number of nitrogens with one attached hydrogen (secondary N) is 2. The molecule has 110 valence electrons. The number of amides is 1. The van der Waals surface area contributed by atoms with Crippen LogP contribution in [0.3, 0.4) is 0 Å². The largest absolute Gasteiger partial charge is 0.307 e. The summed E-state index contributed by atoms with van der Waals surface area (Å²) in [5, 5.41) is 9.52. The molecule has 1 saturated carbocycles. The van der Waals surface area contributed by atoms with Crippen LogP contribution >= 0.6 is 0 Å². The maximum Gasteiger partial charge on any atom is 0.256 e. The summed E-state index contributed by atoms with van der Waals surface area (Å²) in [7, 11) is -3.25. The molecule has 2 aromatic rings. The van der Waals surface area contributed by atoms with Crippen LogP contribution in [0.5, 0.6) is 0 Å². The van der Waals surface area contributed by atoms with Crippen molar-refractivity contribution in [2.75, 3.05) is 11.6 Å². The Bertz CT molecular complexity index is 774. The fourth-order valence-corrected chi connectivity index (χ4v) is 2.77. The first-order chi connectivity index (χ1) is 9.95. The van der Waals surface area contributed by atoms with Gasteiger partial charge in [-0.25, -0.2) is 8.42 Å². The normalized spacial score (nSPS) is 14.9. The molecule has 6 nitrogen and oxygen atoms in total. The summed E-state index contributed by atoms with van der Waals surface area (Å²) in [5.74, 6) is 0.808. The Hall–Kier alpha value is -2.15. The minimum atomic E-state index is -3.25. The number of H-pyrrole nitrogens is 1. The number of nitrogens with zero attached hydrogens (tertiary/aromatic N) is 1. The number of aromatic nitrogens is 2. The zero-order chi connectivity index (χ0) is 15.0. The maximum atomic E-state index is 12.2. The van der Waals surface area contributed by atoms with E-state index in [0.29, 0.717) is 17.3 Å². The van der Waals surface area contributed by atoms with Crippen LogP contribution < -0.4 is 5.32 Å². The van der Waals surface area contributed by atoms with Crippen molar-refractivity contribution in [3.05, 3.63) is 41.6 Å². The number of anilines is 1. The Kier molecular flexibility index (Phi) is 3.29. The Labute approximate surface area is 122 Å². The Morgan fingerprint density at radius 2 is 1.95 bits per heavy atom. The molecule has 1 heterocycles. The third-order valence-electron chi connectivity index (χ3n) is 3.47. The lowest BCUT2D eigenvalue weighted by Gasteiger charge is -2.06. The smallest absolute Gasteiger partial charge is 0.256 e. The van der Waals surface area contributed by atoms with Crippen molar-refractivity contribution in [3.8, 4) is 0 Å². The lowest BCUT2D eigenvalue weighted by Crippen LogP contribution is -2.13. The van der Waals surface area contributed by atoms with Gasteiger partial charge in [0.15, 0.2) is 9.84 Å². The van der Waals surface area contributed by atoms with E-state index in [1.165, 1.54) is 24.3 Å². The van der Waals surface area contributed by atoms with E-state index in [1.54, 1.807) is 6.20 Å². The van der Waals surface area contributed by atoms with Gasteiger partial charge >= 0.3 is 0 Å². The molecule has 7 heteroatoms. The summed E-state index contributed by atoms with van der Waals surface area (Å²) >= 11 is 0. The molecule has 1 aliphatic carbocycles. The molecule has 0 radical (unpaired) electrons. The van der Waals surface area contributed by atoms with E-state index in [9.17, 15) is 13.2 Å². The SMILES string of the molecule is CS(=O)(=O)c1ccc(C(=O)Nc2[nH]ncc2C2CC2)cc1. The standard InChI is InChI=1S/C14H15N3O3S/c1-21(19,20)11-6-4-10(5-7-11)14(18)16-13-12(8-15-17-13)9-2-3-9/h4-9H,2-3H2,1H3,(H2,15,16,17,18). The van der Waals surface area contributed by atoms with Gasteiger partial charge in [0, 0.05) is 17.4 Å². The van der Waals surface area contributed by atoms with Crippen LogP contribution in [-0.2, 0) is 9.84 Å². The van der Waals surface area contributed by atoms with Crippen LogP contribution in [0, 0.1) is 0 Å². The highest BCUT2D eigenvalue weighted by Gasteiger charge is 2.28. The average Bonchev–Trinajstić information content (AvgIpc) is 3.18. The molecule has 1 aliphatic rings. The minimum absolute atomic E-state index is 0.194. The molecule has 2 N–H and O–H groups in total. The molecule has 0 aliphatic heterocycles. The summed E-state index contributed by atoms with van der Waals surface area (Å²) in [6.45, 7) is 0. The molecular weight excluding hydrogens is 290 g/mol. The molecular formula is C14H15N3O3S. The summed E-state index contributed by atoms with van der Waals surface area (Å²) in [5.41, 5.74) is 1.43. The molecule has 1 aromatic heterocycles. The van der Waals surface area contributed by atoms with E-state index in [-0.39, 0.29) is 10.8 Å². The van der Waals surface area contributed by atoms with E-state index in [4.69, 9.17) is 0 Å². The van der Waals surface area contributed by atoms with Crippen LogP contribution in [-0.4, -0.2) is 30.8 Å². The van der Waals surface area contributed by atoms with Crippen LogP contribution in [0.2, 0.25) is 0 Å². The number of rotatable bonds is 4. The number of benzene rings is 1. The number of carbonyl (C=O) groups excluding carboxylic acids is 1. The second-order valence-corrected chi connectivity index (χ2v) is 7.24. The monoisotopic (exact) mass is 305 g/mol. The molecule has 0 saturated heterocycles. The van der Waals surface area contributed by atoms with Gasteiger partial charge in [-0.1, -0.05) is 0 Å². The van der Waals surface area contributed by atoms with Crippen LogP contribution in [0.25, 0.3) is 0 Å². The zero-order valence-electron chi connectivity index (χ0n) is 11.5. The van der Waals surface area contributed by atoms with E-state index < -0.39 is 9.84 Å². The number of aromatic amines is 1. The Balaban J connectivity index is 1.77. The Morgan fingerprint density at radius 3 is 2.52 bits per heavy atom. The van der Waals surface area contributed by atoms with Crippen molar-refractivity contribution in [1.82, 2.24) is 10.2 Å². The predicted molar refractivity (Wildman–Crippen MR) is 78.1 cm³/mol. The quantitative estimate of drug-likeness (QED) is 0.903. The lowest BCUT2D eigenvalue weighted by atomic mass is 10.2. The zero-order valence-corrected chi connectivity index (χ0v) is 12.3. The highest BCUT2D eigenvalue weighted by molar-refractivity contribution is 7.90. The summed E-state index contributed by atoms with van der Waals surface area (Å²) in [6, 6.07) is 5.86. The first-order valence-electron chi connectivity index (χ1n) is 6.60. The van der Waals surface area contributed by atoms with E-state index >= 15 is 0 Å². The number of hydrogen-bond acceptors (Lipinski definition) is 4. The van der Waals surface area contributed by atoms with Crippen LogP contribution in [0.1, 0.15) is 34.7 Å². The first kappa shape index (κ1) is 13.8. The van der Waals surface area contributed by atoms with E-state index in [1.807, 2.05) is 0 Å². The van der Waals surface area contributed by atoms with E-state index in [0.717, 1.165) is 24.7 Å². The second-order valence-electron chi connectivity index (χ2n) is 5.23. The fraction of sp³-hybridized carbons (Fsp3) is 0.286. The summed E-state index contributed by atoms with van der Waals surface area (Å²) in [4.78, 5) is 12.4. The van der Waals surface area contributed by atoms with E-state index in [2.05, 4.69) is 15.5 Å². The van der Waals surface area contributed by atoms with Crippen molar-refractivity contribution in [3.63, 3.8) is 0 Å². The van der Waals surface area contributed by atoms with Gasteiger partial charge in [-0.2, -0.15) is 5.10 Å². The highest BCUT2D eigenvalue weighted by Crippen LogP contribution is 2.42. The topological polar surface area (TPSA) is 91.9 Å². The number of hydrogen-bond donors (Lipinski definition) is 2. The van der Waals surface area contributed by atoms with Gasteiger partial charge in [0.1, 0.15) is 5.82 Å². The third kappa shape index (κ3) is 2.97. The summed E-state index contributed by atoms with van der Waals surface area (Å²) < 4.78 is 22.8. The first-order valence-corrected chi connectivity index (χ1v) is 8.49. The Morgan fingerprint density at radius 1 is 1.29 bits per heavy atom. The van der Waals surface area contributed by atoms with Gasteiger partial charge in [-0.3, -0.25) is 9.89 Å². The minimum Gasteiger partial charge on any atom is -0.307 e. The lowest BCUT2D eigenvalue weighted by molar-refractivity contribution is 0.102. The molecule has 21 heavy (non-hydrogen) atoms. The van der Waals surface area contributed by atoms with Crippen molar-refractivity contribution in [2.24, 2.45) is 0 Å². The van der Waals surface area contributed by atoms with Gasteiger partial charge in [0.05, 0.1) is 11.1 Å². The van der Waals surface area contributed by atoms with Crippen molar-refractivity contribution in [1.29, 1.82) is 0 Å². The van der Waals surface area contributed by atoms with Gasteiger partial charge in [0.25, 0.3) is 5.91 Å². The maximum absolute atomic E-state index is 12.2. The van der Waals surface area contributed by atoms with Crippen molar-refractivity contribution < 1.29 is 13.2 Å². The van der Waals surface area contributed by atoms with Crippen LogP contribution in [0.4, 0.5) is 5.82 Å². The number of carbonyl (C=O) groups is 1. The molecule has 3 rings (SSSR count). The van der Waals surface area contributed by atoms with Crippen LogP contribution in [0.15, 0.2) is 35.4 Å². The molecule has 1 amide bonds. The molecule has 1 aromatic carbocycles. The van der Waals surface area contributed by atoms with Crippen molar-refractivity contribution in [2.45, 2.75) is 23.7 Å². The van der Waals surface area contributed by atoms with Crippen molar-refractivity contribution >= 4 is 21.6 Å². The highest BCUT2D eigenvalue weighted by atomic mass is 32.2. The summed E-state index contributed by atoms with van der Waals surface area (Å²) in [6.07, 6.45) is 5.10. The van der Waals surface area contributed by atoms with Gasteiger partial charge in [-0.15, -0.1) is 0 Å². The van der Waals surface area contributed by atoms with Gasteiger partial charge in [-0.05, 0) is 43.0 Å². The molecule has 0 unspecified atom stereocenters. The average molecular weight is 305 g/mol. The predicted octanol–water partition coefficient (Wildman–Crippen LogP) is 1.94.